The molecule has 1 aliphatic heterocycles. The standard InChI is InChI=1S/C11H12FNOS/c1-3-15-11(2)8-6-7(12)4-5-9(8)13-10(11)14/h4-6H,3H2,1-2H3,(H,13,14). The molecule has 15 heavy (non-hydrogen) atoms. The van der Waals surface area contributed by atoms with E-state index >= 15 is 0 Å². The third kappa shape index (κ3) is 1.53. The summed E-state index contributed by atoms with van der Waals surface area (Å²) in [6.45, 7) is 3.82. The van der Waals surface area contributed by atoms with Crippen molar-refractivity contribution in [3.05, 3.63) is 29.6 Å². The second-order valence-corrected chi connectivity index (χ2v) is 5.29. The van der Waals surface area contributed by atoms with Crippen LogP contribution in [0.1, 0.15) is 19.4 Å². The summed E-state index contributed by atoms with van der Waals surface area (Å²) >= 11 is 1.52. The number of carbonyl (C=O) groups excluding carboxylic acids is 1. The van der Waals surface area contributed by atoms with Gasteiger partial charge >= 0.3 is 0 Å². The highest BCUT2D eigenvalue weighted by molar-refractivity contribution is 8.00. The van der Waals surface area contributed by atoms with E-state index in [1.165, 1.54) is 23.9 Å². The van der Waals surface area contributed by atoms with Gasteiger partial charge in [-0.1, -0.05) is 6.92 Å². The Hall–Kier alpha value is -1.03. The van der Waals surface area contributed by atoms with Crippen LogP contribution < -0.4 is 5.32 Å². The first-order valence-corrected chi connectivity index (χ1v) is 5.82. The van der Waals surface area contributed by atoms with Crippen molar-refractivity contribution >= 4 is 23.4 Å². The Bertz CT molecular complexity index is 421. The number of hydrogen-bond donors (Lipinski definition) is 1. The topological polar surface area (TPSA) is 29.1 Å². The monoisotopic (exact) mass is 225 g/mol. The molecule has 0 aliphatic carbocycles. The van der Waals surface area contributed by atoms with E-state index in [-0.39, 0.29) is 11.7 Å². The summed E-state index contributed by atoms with van der Waals surface area (Å²) in [6, 6.07) is 4.42. The number of anilines is 1. The maximum atomic E-state index is 13.1. The van der Waals surface area contributed by atoms with Crippen LogP contribution in [0.2, 0.25) is 0 Å². The molecule has 1 heterocycles. The zero-order valence-electron chi connectivity index (χ0n) is 8.63. The van der Waals surface area contributed by atoms with Crippen LogP contribution in [-0.4, -0.2) is 11.7 Å². The first-order chi connectivity index (χ1) is 7.08. The minimum absolute atomic E-state index is 0.0602. The summed E-state index contributed by atoms with van der Waals surface area (Å²) in [7, 11) is 0. The Labute approximate surface area is 92.3 Å². The molecule has 0 radical (unpaired) electrons. The van der Waals surface area contributed by atoms with Crippen LogP contribution in [0.3, 0.4) is 0 Å². The second kappa shape index (κ2) is 3.52. The van der Waals surface area contributed by atoms with Gasteiger partial charge in [0.15, 0.2) is 0 Å². The quantitative estimate of drug-likeness (QED) is 0.838. The van der Waals surface area contributed by atoms with Crippen molar-refractivity contribution in [1.29, 1.82) is 0 Å². The molecule has 0 spiro atoms. The number of hydrogen-bond acceptors (Lipinski definition) is 2. The van der Waals surface area contributed by atoms with Crippen LogP contribution in [0, 0.1) is 5.82 Å². The van der Waals surface area contributed by atoms with Gasteiger partial charge in [0.1, 0.15) is 10.6 Å². The predicted molar refractivity (Wildman–Crippen MR) is 60.5 cm³/mol. The summed E-state index contributed by atoms with van der Waals surface area (Å²) in [6.07, 6.45) is 0. The average Bonchev–Trinajstić information content (AvgIpc) is 2.42. The Morgan fingerprint density at radius 3 is 2.93 bits per heavy atom. The minimum Gasteiger partial charge on any atom is -0.324 e. The first-order valence-electron chi connectivity index (χ1n) is 4.83. The number of amides is 1. The van der Waals surface area contributed by atoms with Gasteiger partial charge in [-0.3, -0.25) is 4.79 Å². The van der Waals surface area contributed by atoms with Crippen LogP contribution in [0.5, 0.6) is 0 Å². The van der Waals surface area contributed by atoms with E-state index in [0.717, 1.165) is 17.0 Å². The van der Waals surface area contributed by atoms with E-state index in [0.29, 0.717) is 0 Å². The largest absolute Gasteiger partial charge is 0.324 e. The number of thioether (sulfide) groups is 1. The molecule has 1 aromatic carbocycles. The number of rotatable bonds is 2. The van der Waals surface area contributed by atoms with E-state index in [4.69, 9.17) is 0 Å². The van der Waals surface area contributed by atoms with Crippen molar-refractivity contribution in [2.24, 2.45) is 0 Å². The van der Waals surface area contributed by atoms with Gasteiger partial charge in [-0.2, -0.15) is 0 Å². The second-order valence-electron chi connectivity index (χ2n) is 3.61. The normalized spacial score (nSPS) is 23.8. The predicted octanol–water partition coefficient (Wildman–Crippen LogP) is 2.75. The highest BCUT2D eigenvalue weighted by atomic mass is 32.2. The fraction of sp³-hybridized carbons (Fsp3) is 0.364. The minimum atomic E-state index is -0.647. The molecule has 0 aromatic heterocycles. The molecule has 1 N–H and O–H groups in total. The lowest BCUT2D eigenvalue weighted by Crippen LogP contribution is -2.27. The first kappa shape index (κ1) is 10.5. The number of nitrogens with one attached hydrogen (secondary N) is 1. The molecule has 2 rings (SSSR count). The third-order valence-electron chi connectivity index (χ3n) is 2.61. The lowest BCUT2D eigenvalue weighted by atomic mass is 10.0. The average molecular weight is 225 g/mol. The molecule has 0 fully saturated rings. The van der Waals surface area contributed by atoms with Crippen molar-refractivity contribution < 1.29 is 9.18 Å². The van der Waals surface area contributed by atoms with Gasteiger partial charge < -0.3 is 5.32 Å². The maximum absolute atomic E-state index is 13.1. The van der Waals surface area contributed by atoms with E-state index in [1.807, 2.05) is 13.8 Å². The molecule has 1 amide bonds. The van der Waals surface area contributed by atoms with Crippen LogP contribution >= 0.6 is 11.8 Å². The third-order valence-corrected chi connectivity index (χ3v) is 3.88. The highest BCUT2D eigenvalue weighted by Gasteiger charge is 2.42. The van der Waals surface area contributed by atoms with Crippen molar-refractivity contribution in [3.63, 3.8) is 0 Å². The van der Waals surface area contributed by atoms with Crippen molar-refractivity contribution in [2.75, 3.05) is 11.1 Å². The summed E-state index contributed by atoms with van der Waals surface area (Å²) in [4.78, 5) is 11.8. The summed E-state index contributed by atoms with van der Waals surface area (Å²) in [5.74, 6) is 0.461. The van der Waals surface area contributed by atoms with Gasteiger partial charge in [-0.25, -0.2) is 4.39 Å². The van der Waals surface area contributed by atoms with Crippen LogP contribution in [0.15, 0.2) is 18.2 Å². The maximum Gasteiger partial charge on any atom is 0.244 e. The lowest BCUT2D eigenvalue weighted by Gasteiger charge is -2.20. The van der Waals surface area contributed by atoms with E-state index in [1.54, 1.807) is 6.07 Å². The van der Waals surface area contributed by atoms with Gasteiger partial charge in [-0.05, 0) is 30.9 Å². The van der Waals surface area contributed by atoms with E-state index < -0.39 is 4.75 Å². The van der Waals surface area contributed by atoms with Crippen molar-refractivity contribution in [2.45, 2.75) is 18.6 Å². The van der Waals surface area contributed by atoms with Crippen LogP contribution in [0.4, 0.5) is 10.1 Å². The smallest absolute Gasteiger partial charge is 0.244 e. The molecule has 1 aromatic rings. The number of benzene rings is 1. The molecule has 0 bridgehead atoms. The summed E-state index contributed by atoms with van der Waals surface area (Å²) in [5, 5.41) is 2.77. The Kier molecular flexibility index (Phi) is 2.46. The molecule has 80 valence electrons. The van der Waals surface area contributed by atoms with Gasteiger partial charge in [-0.15, -0.1) is 11.8 Å². The summed E-state index contributed by atoms with van der Waals surface area (Å²) in [5.41, 5.74) is 1.48. The molecule has 1 atom stereocenters. The zero-order valence-corrected chi connectivity index (χ0v) is 9.45. The van der Waals surface area contributed by atoms with Gasteiger partial charge in [0.2, 0.25) is 5.91 Å². The fourth-order valence-corrected chi connectivity index (χ4v) is 2.90. The molecule has 4 heteroatoms. The van der Waals surface area contributed by atoms with Crippen LogP contribution in [0.25, 0.3) is 0 Å². The van der Waals surface area contributed by atoms with Gasteiger partial charge in [0.25, 0.3) is 0 Å². The number of fused-ring (bicyclic) bond motifs is 1. The van der Waals surface area contributed by atoms with Crippen molar-refractivity contribution in [3.8, 4) is 0 Å². The Morgan fingerprint density at radius 1 is 1.53 bits per heavy atom. The Balaban J connectivity index is 2.52. The zero-order chi connectivity index (χ0) is 11.1. The summed E-state index contributed by atoms with van der Waals surface area (Å²) < 4.78 is 12.5. The molecule has 0 saturated carbocycles. The fourth-order valence-electron chi connectivity index (χ4n) is 1.82. The molecule has 2 nitrogen and oxygen atoms in total. The SMILES string of the molecule is CCSC1(C)C(=O)Nc2ccc(F)cc21. The molecular formula is C11H12FNOS. The van der Waals surface area contributed by atoms with Crippen LogP contribution in [-0.2, 0) is 9.54 Å². The molecular weight excluding hydrogens is 213 g/mol. The van der Waals surface area contributed by atoms with Gasteiger partial charge in [0.05, 0.1) is 0 Å². The molecule has 1 unspecified atom stereocenters. The number of halogens is 1. The lowest BCUT2D eigenvalue weighted by molar-refractivity contribution is -0.117. The van der Waals surface area contributed by atoms with Crippen molar-refractivity contribution in [1.82, 2.24) is 0 Å². The van der Waals surface area contributed by atoms with Gasteiger partial charge in [0, 0.05) is 11.3 Å². The molecule has 0 saturated heterocycles. The number of carbonyl (C=O) groups is 1. The highest BCUT2D eigenvalue weighted by Crippen LogP contribution is 2.45. The Morgan fingerprint density at radius 2 is 2.27 bits per heavy atom. The van der Waals surface area contributed by atoms with E-state index in [9.17, 15) is 9.18 Å². The molecule has 1 aliphatic rings. The van der Waals surface area contributed by atoms with E-state index in [2.05, 4.69) is 5.32 Å².